The summed E-state index contributed by atoms with van der Waals surface area (Å²) in [6.07, 6.45) is -50.4. The summed E-state index contributed by atoms with van der Waals surface area (Å²) >= 11 is 0. The minimum absolute atomic E-state index is 0.0941. The molecule has 1 aromatic rings. The van der Waals surface area contributed by atoms with Crippen LogP contribution in [0, 0.1) is 0 Å². The van der Waals surface area contributed by atoms with Crippen molar-refractivity contribution in [1.29, 1.82) is 0 Å². The summed E-state index contributed by atoms with van der Waals surface area (Å²) in [5, 5.41) is 3.83. The van der Waals surface area contributed by atoms with E-state index in [4.69, 9.17) is 166 Å². The van der Waals surface area contributed by atoms with Gasteiger partial charge in [-0.3, -0.25) is 43.2 Å². The van der Waals surface area contributed by atoms with Gasteiger partial charge in [0.05, 0.1) is 25.4 Å². The topological polar surface area (TPSA) is 543 Å². The molecule has 1 aromatic carbocycles. The van der Waals surface area contributed by atoms with E-state index in [0.29, 0.717) is 0 Å². The molecule has 718 valence electrons. The van der Waals surface area contributed by atoms with Gasteiger partial charge in [0.15, 0.2) is 68.3 Å². The molecule has 0 amide bonds. The lowest BCUT2D eigenvalue weighted by atomic mass is 9.94. The quantitative estimate of drug-likeness (QED) is 0.0271. The molecule has 7 aliphatic rings. The Bertz CT molecular complexity index is 3740. The van der Waals surface area contributed by atoms with Crippen molar-refractivity contribution < 1.29 is 214 Å². The minimum Gasteiger partial charge on any atom is -0.463 e. The molecule has 7 fully saturated rings. The fraction of sp³-hybridized carbons (Fsp3) is 0.797. The molecule has 0 bridgehead atoms. The van der Waals surface area contributed by atoms with Gasteiger partial charge in [0, 0.05) is 153 Å². The van der Waals surface area contributed by atoms with Gasteiger partial charge in [0.1, 0.15) is 167 Å². The summed E-state index contributed by atoms with van der Waals surface area (Å²) < 4.78 is 217. The highest BCUT2D eigenvalue weighted by Gasteiger charge is 2.63. The van der Waals surface area contributed by atoms with Crippen molar-refractivity contribution in [2.45, 2.75) is 277 Å². The summed E-state index contributed by atoms with van der Waals surface area (Å²) in [7, 11) is 16.2. The van der Waals surface area contributed by atoms with Crippen molar-refractivity contribution in [3.63, 3.8) is 0 Å². The summed E-state index contributed by atoms with van der Waals surface area (Å²) in [6.45, 7) is 5.94. The van der Waals surface area contributed by atoms with E-state index < -0.39 is 301 Å². The van der Waals surface area contributed by atoms with Gasteiger partial charge in [-0.2, -0.15) is 0 Å². The Hall–Kier alpha value is -7.77. The summed E-state index contributed by atoms with van der Waals surface area (Å²) in [6, 6.07) is 6.47. The van der Waals surface area contributed by atoms with E-state index in [9.17, 15) is 53.5 Å². The highest BCUT2D eigenvalue weighted by atomic mass is 16.8. The monoisotopic (exact) mass is 1830 g/mol. The number of carbonyl (C=O) groups is 10. The number of hydrogen-bond acceptors (Lipinski definition) is 46. The predicted molar refractivity (Wildman–Crippen MR) is 412 cm³/mol. The van der Waals surface area contributed by atoms with Gasteiger partial charge in [0.2, 0.25) is 6.29 Å². The smallest absolute Gasteiger partial charge is 0.338 e. The molecule has 0 radical (unpaired) electrons. The molecule has 0 N–H and O–H groups in total. The lowest BCUT2D eigenvalue weighted by molar-refractivity contribution is -0.402. The number of ether oxygens (including phenoxy) is 35. The molecule has 8 rings (SSSR count). The van der Waals surface area contributed by atoms with E-state index in [0.717, 1.165) is 55.4 Å². The van der Waals surface area contributed by atoms with Crippen LogP contribution in [0.25, 0.3) is 10.4 Å². The molecule has 48 heteroatoms. The Morgan fingerprint density at radius 1 is 0.268 bits per heavy atom. The van der Waals surface area contributed by atoms with Crippen LogP contribution in [-0.2, 0) is 209 Å². The molecule has 18 unspecified atom stereocenters. The maximum atomic E-state index is 14.1. The average Bonchev–Trinajstić information content (AvgIpc) is 0.754. The molecule has 127 heavy (non-hydrogen) atoms. The number of benzene rings is 1. The van der Waals surface area contributed by atoms with Crippen LogP contribution >= 0.6 is 0 Å². The zero-order valence-electron chi connectivity index (χ0n) is 74.3. The second-order valence-corrected chi connectivity index (χ2v) is 29.6. The lowest BCUT2D eigenvalue weighted by Gasteiger charge is -2.52. The van der Waals surface area contributed by atoms with Crippen molar-refractivity contribution in [1.82, 2.24) is 0 Å². The number of hydrogen-bond donors (Lipinski definition) is 0. The number of azide groups is 1. The molecular formula is C79H117N3O45. The standard InChI is InChI=1S/C79H117N3O45/c1-34(83)105-30-47-52(59(96-13)51(81-82-80)73(115-47)114-42(9)91)122-74-66(101-18)60(97-14)53(44(116-74)27-93-10)123-75-67(102-19)61(98-15)54(45(117-75)28-94-11)124-76-68(103-20)62(99-16)55(46(118-76)29-95-12)125-77-69(104-21)63(100-17)56(50(119-77)33-108-72(92)43-25-23-22-24-26-43)126-78-71(113-41(8)90)65(111-39(6)88)58(49(121-78)32-107-36(3)85)127-79-70(112-40(7)89)64(110-38(5)87)57(109-37(4)86)48(120-79)31-106-35(2)84/h22-26,44-71,73-79H,27-33H2,1-21H3/t44?,45?,46?,47?,48?,49?,50?,51-,52+,53+,54+,55+,56+,57-,58+,59?,60?,61?,62?,63?,64?,65?,66?,67?,68-,69-,70?,71?,73+,74-,75+,76-,77-,78-,79+/m0/s1. The van der Waals surface area contributed by atoms with Crippen LogP contribution in [0.2, 0.25) is 0 Å². The van der Waals surface area contributed by atoms with Crippen LogP contribution in [0.3, 0.4) is 0 Å². The molecule has 7 heterocycles. The molecule has 35 atom stereocenters. The van der Waals surface area contributed by atoms with E-state index in [-0.39, 0.29) is 25.4 Å². The zero-order chi connectivity index (χ0) is 93.2. The van der Waals surface area contributed by atoms with E-state index in [1.165, 1.54) is 104 Å². The second kappa shape index (κ2) is 50.6. The van der Waals surface area contributed by atoms with Gasteiger partial charge in [-0.25, -0.2) is 4.79 Å². The van der Waals surface area contributed by atoms with Gasteiger partial charge >= 0.3 is 59.7 Å². The maximum absolute atomic E-state index is 14.1. The first-order valence-corrected chi connectivity index (χ1v) is 40.2. The first-order chi connectivity index (χ1) is 60.7. The molecule has 0 aromatic heterocycles. The van der Waals surface area contributed by atoms with E-state index in [1.807, 2.05) is 0 Å². The van der Waals surface area contributed by atoms with Crippen LogP contribution in [0.5, 0.6) is 0 Å². The van der Waals surface area contributed by atoms with Crippen LogP contribution < -0.4 is 0 Å². The predicted octanol–water partition coefficient (Wildman–Crippen LogP) is -0.107. The molecule has 0 aliphatic carbocycles. The third-order valence-corrected chi connectivity index (χ3v) is 21.1. The van der Waals surface area contributed by atoms with E-state index in [1.54, 1.807) is 18.2 Å². The highest BCUT2D eigenvalue weighted by molar-refractivity contribution is 5.89. The minimum atomic E-state index is -2.03. The van der Waals surface area contributed by atoms with Gasteiger partial charge in [-0.1, -0.05) is 23.3 Å². The molecule has 7 aliphatic heterocycles. The summed E-state index contributed by atoms with van der Waals surface area (Å²) in [4.78, 5) is 133. The normalized spacial score (nSPS) is 36.7. The van der Waals surface area contributed by atoms with Crippen LogP contribution in [0.15, 0.2) is 35.4 Å². The Kier molecular flexibility index (Phi) is 41.7. The summed E-state index contributed by atoms with van der Waals surface area (Å²) in [5.74, 6) is -9.19. The first kappa shape index (κ1) is 105. The number of nitrogens with zero attached hydrogens (tertiary/aromatic N) is 3. The molecule has 0 spiro atoms. The van der Waals surface area contributed by atoms with E-state index >= 15 is 0 Å². The van der Waals surface area contributed by atoms with Crippen molar-refractivity contribution >= 4 is 59.7 Å². The van der Waals surface area contributed by atoms with Crippen LogP contribution in [0.1, 0.15) is 72.7 Å². The van der Waals surface area contributed by atoms with E-state index in [2.05, 4.69) is 10.0 Å². The molecule has 0 saturated carbocycles. The van der Waals surface area contributed by atoms with Gasteiger partial charge in [0.25, 0.3) is 0 Å². The van der Waals surface area contributed by atoms with Crippen molar-refractivity contribution in [3.8, 4) is 0 Å². The Balaban J connectivity index is 1.11. The number of methoxy groups -OCH3 is 12. The Morgan fingerprint density at radius 2 is 0.504 bits per heavy atom. The number of carbonyl (C=O) groups excluding carboxylic acids is 10. The van der Waals surface area contributed by atoms with Crippen molar-refractivity contribution in [2.75, 3.05) is 132 Å². The van der Waals surface area contributed by atoms with Crippen LogP contribution in [-0.4, -0.2) is 406 Å². The Morgan fingerprint density at radius 3 is 0.780 bits per heavy atom. The second-order valence-electron chi connectivity index (χ2n) is 29.6. The van der Waals surface area contributed by atoms with Crippen molar-refractivity contribution in [2.24, 2.45) is 5.11 Å². The summed E-state index contributed by atoms with van der Waals surface area (Å²) in [5.41, 5.74) is 9.78. The van der Waals surface area contributed by atoms with Gasteiger partial charge in [-0.05, 0) is 17.7 Å². The third kappa shape index (κ3) is 27.2. The average molecular weight is 1830 g/mol. The first-order valence-electron chi connectivity index (χ1n) is 40.2. The lowest BCUT2D eigenvalue weighted by Crippen LogP contribution is -2.69. The largest absolute Gasteiger partial charge is 0.463 e. The van der Waals surface area contributed by atoms with Gasteiger partial charge in [-0.15, -0.1) is 0 Å². The third-order valence-electron chi connectivity index (χ3n) is 21.1. The van der Waals surface area contributed by atoms with Gasteiger partial charge < -0.3 is 166 Å². The fourth-order valence-electron chi connectivity index (χ4n) is 16.0. The maximum Gasteiger partial charge on any atom is 0.338 e. The molecule has 7 saturated heterocycles. The highest BCUT2D eigenvalue weighted by Crippen LogP contribution is 2.43. The zero-order valence-corrected chi connectivity index (χ0v) is 74.3. The van der Waals surface area contributed by atoms with Crippen molar-refractivity contribution in [3.05, 3.63) is 46.3 Å². The number of esters is 10. The molecular weight excluding hydrogens is 1710 g/mol. The van der Waals surface area contributed by atoms with Crippen LogP contribution in [0.4, 0.5) is 0 Å². The fourth-order valence-corrected chi connectivity index (χ4v) is 16.0. The SMILES string of the molecule is COCC1O[C@@H](O[C@@H]2C(COC(C)=O)O[C@@H](OC(C)=O)[C@@H](N=[N+]=[N-])C2OC)C(OC)C(OC)[C@@H]1O[C@H]1OC(COC)[C@@H](O[C@@H]2OC(COC)[C@@H](O[C@@H]3OC(COC(=O)c4ccccc4)[C@@H](O[C@@H]4OC(COC(C)=O)[C@@H](O[C@H]5OC(COC(C)=O)[C@H](OC(C)=O)C(OC(C)=O)C5OC(C)=O)C(OC(C)=O)C4OC(C)=O)C(OC)[C@@H]3OC)C(OC)[C@@H]2OC)C(OC)C1OC. The molecule has 48 nitrogen and oxygen atoms in total. The Labute approximate surface area is 731 Å². The number of rotatable bonds is 43.